The van der Waals surface area contributed by atoms with Gasteiger partial charge in [0.2, 0.25) is 0 Å². The summed E-state index contributed by atoms with van der Waals surface area (Å²) >= 11 is 0. The number of hydrogen-bond acceptors (Lipinski definition) is 4. The number of nitrogens with zero attached hydrogens (tertiary/aromatic N) is 2. The molecular weight excluding hydrogens is 242 g/mol. The molecule has 0 saturated carbocycles. The zero-order valence-electron chi connectivity index (χ0n) is 10.00. The molecule has 19 heavy (non-hydrogen) atoms. The number of aromatic nitrogens is 1. The van der Waals surface area contributed by atoms with Gasteiger partial charge in [0, 0.05) is 18.4 Å². The first-order valence-corrected chi connectivity index (χ1v) is 5.61. The third kappa shape index (κ3) is 3.30. The van der Waals surface area contributed by atoms with Crippen LogP contribution in [0, 0.1) is 11.3 Å². The maximum atomic E-state index is 10.8. The van der Waals surface area contributed by atoms with Crippen LogP contribution in [0.4, 0.5) is 5.69 Å². The highest BCUT2D eigenvalue weighted by atomic mass is 16.4. The van der Waals surface area contributed by atoms with Gasteiger partial charge in [-0.3, -0.25) is 0 Å². The zero-order chi connectivity index (χ0) is 13.7. The van der Waals surface area contributed by atoms with Gasteiger partial charge in [-0.2, -0.15) is 5.26 Å². The molecule has 0 radical (unpaired) electrons. The highest BCUT2D eigenvalue weighted by molar-refractivity contribution is 5.86. The molecule has 0 saturated heterocycles. The van der Waals surface area contributed by atoms with Crippen LogP contribution < -0.4 is 5.32 Å². The highest BCUT2D eigenvalue weighted by Gasteiger charge is 2.04. The molecular formula is C14H11N3O2. The summed E-state index contributed by atoms with van der Waals surface area (Å²) in [5.41, 5.74) is 2.22. The number of carbonyl (C=O) groups is 1. The lowest BCUT2D eigenvalue weighted by Gasteiger charge is -2.07. The van der Waals surface area contributed by atoms with Crippen LogP contribution in [0.3, 0.4) is 0 Å². The average Bonchev–Trinajstić information content (AvgIpc) is 2.45. The summed E-state index contributed by atoms with van der Waals surface area (Å²) in [6, 6.07) is 12.5. The van der Waals surface area contributed by atoms with E-state index in [1.165, 1.54) is 12.3 Å². The van der Waals surface area contributed by atoms with Gasteiger partial charge in [-0.25, -0.2) is 9.78 Å². The monoisotopic (exact) mass is 253 g/mol. The van der Waals surface area contributed by atoms with Gasteiger partial charge in [0.25, 0.3) is 0 Å². The van der Waals surface area contributed by atoms with E-state index in [4.69, 9.17) is 10.4 Å². The molecule has 0 aliphatic carbocycles. The maximum Gasteiger partial charge on any atom is 0.354 e. The Morgan fingerprint density at radius 1 is 1.37 bits per heavy atom. The fourth-order valence-electron chi connectivity index (χ4n) is 1.61. The van der Waals surface area contributed by atoms with Crippen molar-refractivity contribution in [3.63, 3.8) is 0 Å². The van der Waals surface area contributed by atoms with Gasteiger partial charge in [-0.05, 0) is 29.8 Å². The van der Waals surface area contributed by atoms with E-state index in [1.807, 2.05) is 12.1 Å². The number of benzene rings is 1. The first-order valence-electron chi connectivity index (χ1n) is 5.61. The molecule has 0 amide bonds. The fourth-order valence-corrected chi connectivity index (χ4v) is 1.61. The Bertz CT molecular complexity index is 647. The molecule has 0 aliphatic rings. The average molecular weight is 253 g/mol. The SMILES string of the molecule is N#Cc1cccc(CNc2ccnc(C(=O)O)c2)c1. The van der Waals surface area contributed by atoms with Crippen LogP contribution in [0.2, 0.25) is 0 Å². The Hall–Kier alpha value is -2.87. The Morgan fingerprint density at radius 2 is 2.21 bits per heavy atom. The summed E-state index contributed by atoms with van der Waals surface area (Å²) in [6.07, 6.45) is 1.44. The second-order valence-corrected chi connectivity index (χ2v) is 3.90. The lowest BCUT2D eigenvalue weighted by molar-refractivity contribution is 0.0690. The number of nitriles is 1. The molecule has 0 atom stereocenters. The van der Waals surface area contributed by atoms with E-state index in [-0.39, 0.29) is 5.69 Å². The molecule has 94 valence electrons. The molecule has 0 spiro atoms. The van der Waals surface area contributed by atoms with Gasteiger partial charge >= 0.3 is 5.97 Å². The van der Waals surface area contributed by atoms with Crippen LogP contribution >= 0.6 is 0 Å². The summed E-state index contributed by atoms with van der Waals surface area (Å²) in [5, 5.41) is 20.7. The van der Waals surface area contributed by atoms with E-state index in [2.05, 4.69) is 16.4 Å². The van der Waals surface area contributed by atoms with Crippen molar-refractivity contribution in [2.75, 3.05) is 5.32 Å². The number of hydrogen-bond donors (Lipinski definition) is 2. The summed E-state index contributed by atoms with van der Waals surface area (Å²) < 4.78 is 0. The molecule has 2 N–H and O–H groups in total. The molecule has 0 fully saturated rings. The molecule has 0 unspecified atom stereocenters. The molecule has 2 aromatic rings. The van der Waals surface area contributed by atoms with Gasteiger partial charge in [-0.15, -0.1) is 0 Å². The number of anilines is 1. The van der Waals surface area contributed by atoms with E-state index in [0.29, 0.717) is 17.8 Å². The predicted octanol–water partition coefficient (Wildman–Crippen LogP) is 2.26. The largest absolute Gasteiger partial charge is 0.477 e. The van der Waals surface area contributed by atoms with Gasteiger partial charge < -0.3 is 10.4 Å². The van der Waals surface area contributed by atoms with E-state index >= 15 is 0 Å². The van der Waals surface area contributed by atoms with Crippen LogP contribution in [-0.2, 0) is 6.54 Å². The minimum absolute atomic E-state index is 0.00391. The molecule has 0 aliphatic heterocycles. The molecule has 5 nitrogen and oxygen atoms in total. The number of carboxylic acids is 1. The fraction of sp³-hybridized carbons (Fsp3) is 0.0714. The Labute approximate surface area is 110 Å². The van der Waals surface area contributed by atoms with E-state index in [9.17, 15) is 4.79 Å². The third-order valence-electron chi connectivity index (χ3n) is 2.53. The maximum absolute atomic E-state index is 10.8. The van der Waals surface area contributed by atoms with Crippen molar-refractivity contribution < 1.29 is 9.90 Å². The van der Waals surface area contributed by atoms with Crippen molar-refractivity contribution in [2.24, 2.45) is 0 Å². The third-order valence-corrected chi connectivity index (χ3v) is 2.53. The predicted molar refractivity (Wildman–Crippen MR) is 69.7 cm³/mol. The van der Waals surface area contributed by atoms with Gasteiger partial charge in [0.05, 0.1) is 11.6 Å². The zero-order valence-corrected chi connectivity index (χ0v) is 10.00. The molecule has 2 rings (SSSR count). The van der Waals surface area contributed by atoms with Crippen LogP contribution in [0.5, 0.6) is 0 Å². The van der Waals surface area contributed by atoms with Gasteiger partial charge in [-0.1, -0.05) is 12.1 Å². The minimum atomic E-state index is -1.06. The number of nitrogens with one attached hydrogen (secondary N) is 1. The second-order valence-electron chi connectivity index (χ2n) is 3.90. The normalized spacial score (nSPS) is 9.63. The van der Waals surface area contributed by atoms with Gasteiger partial charge in [0.1, 0.15) is 5.69 Å². The van der Waals surface area contributed by atoms with Crippen LogP contribution in [0.25, 0.3) is 0 Å². The molecule has 5 heteroatoms. The van der Waals surface area contributed by atoms with Gasteiger partial charge in [0.15, 0.2) is 0 Å². The summed E-state index contributed by atoms with van der Waals surface area (Å²) in [7, 11) is 0. The Morgan fingerprint density at radius 3 is 2.95 bits per heavy atom. The van der Waals surface area contributed by atoms with E-state index < -0.39 is 5.97 Å². The minimum Gasteiger partial charge on any atom is -0.477 e. The molecule has 1 aromatic carbocycles. The lowest BCUT2D eigenvalue weighted by atomic mass is 10.1. The number of pyridine rings is 1. The topological polar surface area (TPSA) is 86.0 Å². The summed E-state index contributed by atoms with van der Waals surface area (Å²) in [5.74, 6) is -1.06. The van der Waals surface area contributed by atoms with Crippen molar-refractivity contribution in [1.82, 2.24) is 4.98 Å². The first-order chi connectivity index (χ1) is 9.19. The van der Waals surface area contributed by atoms with Crippen molar-refractivity contribution >= 4 is 11.7 Å². The Kier molecular flexibility index (Phi) is 3.74. The van der Waals surface area contributed by atoms with Crippen LogP contribution in [0.1, 0.15) is 21.6 Å². The van der Waals surface area contributed by atoms with Crippen molar-refractivity contribution in [3.8, 4) is 6.07 Å². The van der Waals surface area contributed by atoms with Crippen LogP contribution in [-0.4, -0.2) is 16.1 Å². The Balaban J connectivity index is 2.08. The molecule has 1 aromatic heterocycles. The summed E-state index contributed by atoms with van der Waals surface area (Å²) in [6.45, 7) is 0.512. The lowest BCUT2D eigenvalue weighted by Crippen LogP contribution is -2.04. The molecule has 0 bridgehead atoms. The van der Waals surface area contributed by atoms with Crippen molar-refractivity contribution in [3.05, 3.63) is 59.4 Å². The quantitative estimate of drug-likeness (QED) is 0.872. The van der Waals surface area contributed by atoms with Crippen molar-refractivity contribution in [1.29, 1.82) is 5.26 Å². The standard InChI is InChI=1S/C14H11N3O2/c15-8-10-2-1-3-11(6-10)9-17-12-4-5-16-13(7-12)14(18)19/h1-7H,9H2,(H,16,17)(H,18,19). The highest BCUT2D eigenvalue weighted by Crippen LogP contribution is 2.11. The number of carboxylic acid groups (broad SMARTS) is 1. The second kappa shape index (κ2) is 5.65. The van der Waals surface area contributed by atoms with E-state index in [0.717, 1.165) is 5.56 Å². The number of rotatable bonds is 4. The smallest absolute Gasteiger partial charge is 0.354 e. The number of aromatic carboxylic acids is 1. The molecule has 1 heterocycles. The van der Waals surface area contributed by atoms with Crippen molar-refractivity contribution in [2.45, 2.75) is 6.54 Å². The summed E-state index contributed by atoms with van der Waals surface area (Å²) in [4.78, 5) is 14.5. The van der Waals surface area contributed by atoms with Crippen LogP contribution in [0.15, 0.2) is 42.6 Å². The van der Waals surface area contributed by atoms with E-state index in [1.54, 1.807) is 18.2 Å². The first kappa shape index (κ1) is 12.6.